The van der Waals surface area contributed by atoms with Gasteiger partial charge < -0.3 is 9.31 Å². The fourth-order valence-electron chi connectivity index (χ4n) is 13.6. The van der Waals surface area contributed by atoms with Gasteiger partial charge in [0.05, 0.1) is 39.7 Å². The van der Waals surface area contributed by atoms with E-state index < -0.39 is 7.12 Å². The van der Waals surface area contributed by atoms with Gasteiger partial charge in [-0.25, -0.2) is 24.9 Å². The molecule has 12 aromatic carbocycles. The molecule has 10 nitrogen and oxygen atoms in total. The predicted molar refractivity (Wildman–Crippen MR) is 469 cm³/mol. The van der Waals surface area contributed by atoms with Crippen LogP contribution in [0.15, 0.2) is 392 Å². The number of benzene rings is 12. The summed E-state index contributed by atoms with van der Waals surface area (Å²) in [6, 6.07) is 125. The molecular formula is C100H75BBr2N8O2. The molecule has 0 aliphatic carbocycles. The van der Waals surface area contributed by atoms with Gasteiger partial charge in [0.15, 0.2) is 23.3 Å². The summed E-state index contributed by atoms with van der Waals surface area (Å²) in [5, 5.41) is 0. The molecule has 17 aromatic rings. The minimum absolute atomic E-state index is 0.369. The lowest BCUT2D eigenvalue weighted by Crippen LogP contribution is -2.41. The molecule has 0 amide bonds. The van der Waals surface area contributed by atoms with Gasteiger partial charge in [0.25, 0.3) is 0 Å². The Morgan fingerprint density at radius 2 is 0.460 bits per heavy atom. The Balaban J connectivity index is 0.000000149. The lowest BCUT2D eigenvalue weighted by Gasteiger charge is -2.32. The van der Waals surface area contributed by atoms with E-state index in [-0.39, 0.29) is 11.2 Å². The monoisotopic (exact) mass is 1590 g/mol. The summed E-state index contributed by atoms with van der Waals surface area (Å²) in [5.41, 5.74) is 24.7. The molecule has 0 atom stereocenters. The van der Waals surface area contributed by atoms with E-state index in [1.165, 1.54) is 0 Å². The van der Waals surface area contributed by atoms with E-state index in [2.05, 4.69) is 289 Å². The molecule has 0 bridgehead atoms. The quantitative estimate of drug-likeness (QED) is 0.0917. The van der Waals surface area contributed by atoms with Gasteiger partial charge in [0, 0.05) is 77.6 Å². The number of halogens is 2. The highest BCUT2D eigenvalue weighted by atomic mass is 79.9. The predicted octanol–water partition coefficient (Wildman–Crippen LogP) is 25.4. The Bertz CT molecular complexity index is 5460. The number of nitrogens with zero attached hydrogens (tertiary/aromatic N) is 8. The summed E-state index contributed by atoms with van der Waals surface area (Å²) in [4.78, 5) is 38.8. The van der Waals surface area contributed by atoms with E-state index >= 15 is 0 Å². The molecule has 1 aliphatic rings. The van der Waals surface area contributed by atoms with Crippen molar-refractivity contribution in [1.29, 1.82) is 0 Å². The van der Waals surface area contributed by atoms with Crippen molar-refractivity contribution in [3.63, 3.8) is 0 Å². The summed E-state index contributed by atoms with van der Waals surface area (Å²) in [5.74, 6) is 2.60. The van der Waals surface area contributed by atoms with Crippen LogP contribution in [0.5, 0.6) is 0 Å². The van der Waals surface area contributed by atoms with Gasteiger partial charge in [-0.15, -0.1) is 0 Å². The molecule has 5 aromatic heterocycles. The molecule has 1 fully saturated rings. The highest BCUT2D eigenvalue weighted by Gasteiger charge is 2.52. The van der Waals surface area contributed by atoms with E-state index in [0.717, 1.165) is 149 Å². The molecule has 0 unspecified atom stereocenters. The molecule has 13 heteroatoms. The normalized spacial score (nSPS) is 12.6. The van der Waals surface area contributed by atoms with E-state index in [1.54, 1.807) is 0 Å². The number of hydrogen-bond donors (Lipinski definition) is 0. The Kier molecular flexibility index (Phi) is 22.2. The summed E-state index contributed by atoms with van der Waals surface area (Å²) in [6.07, 6.45) is 5.52. The Hall–Kier alpha value is -12.9. The molecule has 0 radical (unpaired) electrons. The first-order valence-electron chi connectivity index (χ1n) is 37.5. The van der Waals surface area contributed by atoms with Gasteiger partial charge in [-0.05, 0) is 210 Å². The Labute approximate surface area is 676 Å². The van der Waals surface area contributed by atoms with Crippen molar-refractivity contribution in [2.24, 2.45) is 0 Å². The van der Waals surface area contributed by atoms with Crippen molar-refractivity contribution in [3.8, 4) is 157 Å². The third kappa shape index (κ3) is 17.7. The van der Waals surface area contributed by atoms with Crippen molar-refractivity contribution in [3.05, 3.63) is 392 Å². The lowest BCUT2D eigenvalue weighted by atomic mass is 9.76. The maximum absolute atomic E-state index is 6.29. The summed E-state index contributed by atoms with van der Waals surface area (Å²) in [7, 11) is -0.402. The van der Waals surface area contributed by atoms with Crippen LogP contribution in [0, 0.1) is 0 Å². The van der Waals surface area contributed by atoms with Crippen molar-refractivity contribution in [1.82, 2.24) is 39.9 Å². The van der Waals surface area contributed by atoms with Crippen LogP contribution in [0.3, 0.4) is 0 Å². The Morgan fingerprint density at radius 1 is 0.212 bits per heavy atom. The summed E-state index contributed by atoms with van der Waals surface area (Å²) < 4.78 is 14.5. The summed E-state index contributed by atoms with van der Waals surface area (Å²) in [6.45, 7) is 8.31. The number of hydrogen-bond acceptors (Lipinski definition) is 10. The topological polar surface area (TPSA) is 122 Å². The van der Waals surface area contributed by atoms with Crippen LogP contribution in [0.25, 0.3) is 157 Å². The zero-order valence-electron chi connectivity index (χ0n) is 62.6. The van der Waals surface area contributed by atoms with Crippen molar-refractivity contribution < 1.29 is 9.31 Å². The summed E-state index contributed by atoms with van der Waals surface area (Å²) >= 11 is 7.07. The molecule has 0 saturated carbocycles. The van der Waals surface area contributed by atoms with E-state index in [1.807, 2.05) is 158 Å². The first-order valence-corrected chi connectivity index (χ1v) is 39.0. The molecule has 18 rings (SSSR count). The largest absolute Gasteiger partial charge is 0.494 e. The van der Waals surface area contributed by atoms with Crippen LogP contribution in [0.4, 0.5) is 0 Å². The second-order valence-electron chi connectivity index (χ2n) is 28.5. The number of rotatable bonds is 15. The third-order valence-corrected chi connectivity index (χ3v) is 21.0. The van der Waals surface area contributed by atoms with Gasteiger partial charge in [0.1, 0.15) is 0 Å². The molecule has 6 heterocycles. The van der Waals surface area contributed by atoms with Gasteiger partial charge in [-0.3, -0.25) is 15.0 Å². The maximum Gasteiger partial charge on any atom is 0.494 e. The molecular weight excluding hydrogens is 1520 g/mol. The molecule has 113 heavy (non-hydrogen) atoms. The first-order chi connectivity index (χ1) is 55.2. The number of pyridine rings is 3. The van der Waals surface area contributed by atoms with Crippen LogP contribution in [0.1, 0.15) is 27.7 Å². The molecule has 0 spiro atoms. The standard InChI is InChI=1S/C56H38N4.C23H24BNO2.C21H13Br2N3/c1-5-17-39(18-6-1)43-29-45(34-49(32-43)52-25-13-15-27-57-52)47-31-48(46-30-44(40-19-7-2-8-20-40)33-50(35-46)53-26-14-16-28-58-53)37-51(36-47)56-59-54(41-21-9-3-10-22-41)38-55(60-56)42-23-11-4-12-24-42;1-22(2)23(3,4)27-24(26-22)20-15-18(17-10-6-5-7-11-17)14-19(16-20)21-12-8-9-13-25-21;22-17-11-16(12-18(23)13-17)21-25-19(14-7-3-1-4-8-14)24-20(26-21)15-9-5-2-6-10-15/h1-38H;5-16H,1-4H3;1-13H. The highest BCUT2D eigenvalue weighted by Crippen LogP contribution is 2.42. The maximum atomic E-state index is 6.29. The minimum atomic E-state index is -0.402. The second-order valence-corrected chi connectivity index (χ2v) is 30.3. The Morgan fingerprint density at radius 3 is 0.796 bits per heavy atom. The van der Waals surface area contributed by atoms with Crippen molar-refractivity contribution in [2.75, 3.05) is 0 Å². The highest BCUT2D eigenvalue weighted by molar-refractivity contribution is 9.11. The van der Waals surface area contributed by atoms with Gasteiger partial charge in [0.2, 0.25) is 0 Å². The lowest BCUT2D eigenvalue weighted by molar-refractivity contribution is 0.00578. The molecule has 1 saturated heterocycles. The second kappa shape index (κ2) is 33.8. The van der Waals surface area contributed by atoms with Crippen LogP contribution in [-0.2, 0) is 9.31 Å². The minimum Gasteiger partial charge on any atom is -0.399 e. The van der Waals surface area contributed by atoms with Crippen LogP contribution < -0.4 is 5.46 Å². The zero-order chi connectivity index (χ0) is 77.1. The smallest absolute Gasteiger partial charge is 0.399 e. The first kappa shape index (κ1) is 74.2. The van der Waals surface area contributed by atoms with Crippen LogP contribution in [-0.4, -0.2) is 58.2 Å². The van der Waals surface area contributed by atoms with E-state index in [4.69, 9.17) is 44.2 Å². The van der Waals surface area contributed by atoms with Crippen LogP contribution >= 0.6 is 31.9 Å². The SMILES string of the molecule is Brc1cc(Br)cc(-c2nc(-c3ccccc3)nc(-c3ccccc3)n2)c1.CC1(C)OB(c2cc(-c3ccccc3)cc(-c3ccccn3)c2)OC1(C)C.c1ccc(-c2cc(-c3cc(-c4cc(-c5ccccc5)cc(-c5ccccn5)c4)cc(-c4nc(-c5ccccc5)cc(-c5ccccc5)n4)c3)cc(-c3ccccn3)c2)cc1. The third-order valence-electron chi connectivity index (χ3n) is 20.1. The van der Waals surface area contributed by atoms with E-state index in [9.17, 15) is 0 Å². The van der Waals surface area contributed by atoms with Crippen LogP contribution in [0.2, 0.25) is 0 Å². The number of aromatic nitrogens is 8. The van der Waals surface area contributed by atoms with Crippen molar-refractivity contribution >= 4 is 44.4 Å². The average molecular weight is 1590 g/mol. The fraction of sp³-hybridized carbons (Fsp3) is 0.0600. The van der Waals surface area contributed by atoms with Gasteiger partial charge >= 0.3 is 7.12 Å². The van der Waals surface area contributed by atoms with Crippen molar-refractivity contribution in [2.45, 2.75) is 38.9 Å². The van der Waals surface area contributed by atoms with Gasteiger partial charge in [-0.2, -0.15) is 0 Å². The molecule has 1 aliphatic heterocycles. The van der Waals surface area contributed by atoms with E-state index in [0.29, 0.717) is 23.3 Å². The molecule has 0 N–H and O–H groups in total. The zero-order valence-corrected chi connectivity index (χ0v) is 65.8. The average Bonchev–Trinajstić information content (AvgIpc) is 1.74. The van der Waals surface area contributed by atoms with Gasteiger partial charge in [-0.1, -0.05) is 275 Å². The molecule has 544 valence electrons. The fourth-order valence-corrected chi connectivity index (χ4v) is 14.9.